The first-order chi connectivity index (χ1) is 8.99. The van der Waals surface area contributed by atoms with E-state index in [0.717, 1.165) is 17.1 Å². The monoisotopic (exact) mass is 276 g/mol. The van der Waals surface area contributed by atoms with Crippen LogP contribution in [0, 0.1) is 13.8 Å². The van der Waals surface area contributed by atoms with E-state index in [2.05, 4.69) is 15.5 Å². The standard InChI is InChI=1S/C13H16N4OS/c1-7-6-11(9(3)18-7)8(2)16-13-10(12(14)19)4-5-15-17-13/h4-6,8H,1-3H3,(H2,14,19)(H,16,17). The van der Waals surface area contributed by atoms with E-state index >= 15 is 0 Å². The van der Waals surface area contributed by atoms with Crippen LogP contribution < -0.4 is 11.1 Å². The molecule has 0 spiro atoms. The van der Waals surface area contributed by atoms with Gasteiger partial charge in [0.25, 0.3) is 0 Å². The van der Waals surface area contributed by atoms with Crippen LogP contribution in [0.25, 0.3) is 0 Å². The molecule has 0 bridgehead atoms. The zero-order valence-corrected chi connectivity index (χ0v) is 11.9. The summed E-state index contributed by atoms with van der Waals surface area (Å²) >= 11 is 5.00. The Balaban J connectivity index is 2.26. The van der Waals surface area contributed by atoms with Crippen LogP contribution in [0.5, 0.6) is 0 Å². The second kappa shape index (κ2) is 5.36. The molecule has 0 saturated carbocycles. The Labute approximate surface area is 117 Å². The maximum Gasteiger partial charge on any atom is 0.159 e. The first kappa shape index (κ1) is 13.5. The summed E-state index contributed by atoms with van der Waals surface area (Å²) in [6.07, 6.45) is 1.57. The van der Waals surface area contributed by atoms with E-state index in [0.29, 0.717) is 16.4 Å². The number of rotatable bonds is 4. The van der Waals surface area contributed by atoms with E-state index in [1.165, 1.54) is 0 Å². The lowest BCUT2D eigenvalue weighted by Gasteiger charge is -2.15. The van der Waals surface area contributed by atoms with E-state index in [4.69, 9.17) is 22.4 Å². The van der Waals surface area contributed by atoms with Gasteiger partial charge < -0.3 is 15.5 Å². The second-order valence-electron chi connectivity index (χ2n) is 4.39. The van der Waals surface area contributed by atoms with Gasteiger partial charge >= 0.3 is 0 Å². The number of aryl methyl sites for hydroxylation is 2. The van der Waals surface area contributed by atoms with Gasteiger partial charge in [0.05, 0.1) is 17.8 Å². The quantitative estimate of drug-likeness (QED) is 0.835. The third kappa shape index (κ3) is 2.90. The van der Waals surface area contributed by atoms with Gasteiger partial charge in [0, 0.05) is 5.56 Å². The second-order valence-corrected chi connectivity index (χ2v) is 4.83. The van der Waals surface area contributed by atoms with Gasteiger partial charge in [-0.25, -0.2) is 0 Å². The molecule has 2 rings (SSSR count). The number of nitrogens with two attached hydrogens (primary N) is 1. The Morgan fingerprint density at radius 1 is 1.47 bits per heavy atom. The van der Waals surface area contributed by atoms with Crippen molar-refractivity contribution >= 4 is 23.0 Å². The van der Waals surface area contributed by atoms with Crippen molar-refractivity contribution in [3.8, 4) is 0 Å². The van der Waals surface area contributed by atoms with E-state index in [1.807, 2.05) is 26.8 Å². The number of thiocarbonyl (C=S) groups is 1. The molecule has 1 unspecified atom stereocenters. The summed E-state index contributed by atoms with van der Waals surface area (Å²) in [5, 5.41) is 11.2. The van der Waals surface area contributed by atoms with E-state index in [-0.39, 0.29) is 6.04 Å². The van der Waals surface area contributed by atoms with Gasteiger partial charge in [-0.2, -0.15) is 5.10 Å². The third-order valence-corrected chi connectivity index (χ3v) is 3.11. The molecular formula is C13H16N4OS. The molecule has 19 heavy (non-hydrogen) atoms. The van der Waals surface area contributed by atoms with Crippen molar-refractivity contribution in [1.82, 2.24) is 10.2 Å². The van der Waals surface area contributed by atoms with Crippen molar-refractivity contribution in [3.63, 3.8) is 0 Å². The summed E-state index contributed by atoms with van der Waals surface area (Å²) in [7, 11) is 0. The highest BCUT2D eigenvalue weighted by atomic mass is 32.1. The number of aromatic nitrogens is 2. The highest BCUT2D eigenvalue weighted by Crippen LogP contribution is 2.25. The van der Waals surface area contributed by atoms with Crippen LogP contribution in [-0.4, -0.2) is 15.2 Å². The lowest BCUT2D eigenvalue weighted by Crippen LogP contribution is -2.16. The predicted molar refractivity (Wildman–Crippen MR) is 78.1 cm³/mol. The van der Waals surface area contributed by atoms with Crippen molar-refractivity contribution in [2.24, 2.45) is 5.73 Å². The van der Waals surface area contributed by atoms with E-state index in [9.17, 15) is 0 Å². The van der Waals surface area contributed by atoms with Crippen molar-refractivity contribution in [3.05, 3.63) is 41.0 Å². The van der Waals surface area contributed by atoms with E-state index < -0.39 is 0 Å². The molecule has 0 radical (unpaired) electrons. The summed E-state index contributed by atoms with van der Waals surface area (Å²) in [5.74, 6) is 2.36. The summed E-state index contributed by atoms with van der Waals surface area (Å²) < 4.78 is 5.52. The fourth-order valence-corrected chi connectivity index (χ4v) is 2.17. The molecule has 0 aliphatic rings. The molecule has 3 N–H and O–H groups in total. The zero-order valence-electron chi connectivity index (χ0n) is 11.1. The number of anilines is 1. The summed E-state index contributed by atoms with van der Waals surface area (Å²) in [4.78, 5) is 0.296. The van der Waals surface area contributed by atoms with Crippen LogP contribution in [0.4, 0.5) is 5.82 Å². The van der Waals surface area contributed by atoms with Crippen molar-refractivity contribution < 1.29 is 4.42 Å². The van der Waals surface area contributed by atoms with Crippen molar-refractivity contribution in [2.75, 3.05) is 5.32 Å². The Morgan fingerprint density at radius 3 is 2.79 bits per heavy atom. The molecule has 5 nitrogen and oxygen atoms in total. The fourth-order valence-electron chi connectivity index (χ4n) is 2.00. The maximum atomic E-state index is 5.67. The van der Waals surface area contributed by atoms with Crippen LogP contribution in [0.15, 0.2) is 22.7 Å². The number of nitrogens with one attached hydrogen (secondary N) is 1. The first-order valence-electron chi connectivity index (χ1n) is 5.94. The van der Waals surface area contributed by atoms with Gasteiger partial charge in [-0.1, -0.05) is 12.2 Å². The van der Waals surface area contributed by atoms with Crippen LogP contribution in [0.1, 0.15) is 35.6 Å². The first-order valence-corrected chi connectivity index (χ1v) is 6.35. The average molecular weight is 276 g/mol. The Bertz CT molecular complexity index is 608. The van der Waals surface area contributed by atoms with Gasteiger partial charge in [-0.3, -0.25) is 0 Å². The Morgan fingerprint density at radius 2 is 2.21 bits per heavy atom. The molecule has 0 amide bonds. The molecule has 0 fully saturated rings. The number of hydrogen-bond donors (Lipinski definition) is 2. The normalized spacial score (nSPS) is 12.2. The van der Waals surface area contributed by atoms with Crippen LogP contribution in [0.3, 0.4) is 0 Å². The maximum absolute atomic E-state index is 5.67. The Kier molecular flexibility index (Phi) is 3.80. The summed E-state index contributed by atoms with van der Waals surface area (Å²) in [6.45, 7) is 5.88. The Hall–Kier alpha value is -1.95. The molecule has 2 heterocycles. The molecule has 0 aliphatic carbocycles. The lowest BCUT2D eigenvalue weighted by atomic mass is 10.1. The fraction of sp³-hybridized carbons (Fsp3) is 0.308. The van der Waals surface area contributed by atoms with Crippen LogP contribution in [0.2, 0.25) is 0 Å². The van der Waals surface area contributed by atoms with Gasteiger partial charge in [-0.05, 0) is 32.9 Å². The average Bonchev–Trinajstić information content (AvgIpc) is 2.69. The largest absolute Gasteiger partial charge is 0.466 e. The summed E-state index contributed by atoms with van der Waals surface area (Å²) in [5.41, 5.74) is 7.44. The molecule has 0 aliphatic heterocycles. The number of hydrogen-bond acceptors (Lipinski definition) is 5. The molecule has 0 aromatic carbocycles. The van der Waals surface area contributed by atoms with Crippen LogP contribution >= 0.6 is 12.2 Å². The SMILES string of the molecule is Cc1cc(C(C)Nc2nnccc2C(N)=S)c(C)o1. The minimum Gasteiger partial charge on any atom is -0.466 e. The lowest BCUT2D eigenvalue weighted by molar-refractivity contribution is 0.499. The van der Waals surface area contributed by atoms with Gasteiger partial charge in [-0.15, -0.1) is 5.10 Å². The van der Waals surface area contributed by atoms with Gasteiger partial charge in [0.2, 0.25) is 0 Å². The van der Waals surface area contributed by atoms with Crippen LogP contribution in [-0.2, 0) is 0 Å². The van der Waals surface area contributed by atoms with Crippen molar-refractivity contribution in [2.45, 2.75) is 26.8 Å². The minimum absolute atomic E-state index is 0.0299. The highest BCUT2D eigenvalue weighted by molar-refractivity contribution is 7.80. The highest BCUT2D eigenvalue weighted by Gasteiger charge is 2.15. The number of furan rings is 1. The third-order valence-electron chi connectivity index (χ3n) is 2.89. The predicted octanol–water partition coefficient (Wildman–Crippen LogP) is 2.49. The number of nitrogens with zero attached hydrogens (tertiary/aromatic N) is 2. The topological polar surface area (TPSA) is 77.0 Å². The molecule has 6 heteroatoms. The van der Waals surface area contributed by atoms with Gasteiger partial charge in [0.15, 0.2) is 5.82 Å². The van der Waals surface area contributed by atoms with Gasteiger partial charge in [0.1, 0.15) is 16.5 Å². The molecule has 2 aromatic heterocycles. The molecule has 2 aromatic rings. The zero-order chi connectivity index (χ0) is 14.0. The molecule has 1 atom stereocenters. The smallest absolute Gasteiger partial charge is 0.159 e. The molecular weight excluding hydrogens is 260 g/mol. The summed E-state index contributed by atoms with van der Waals surface area (Å²) in [6, 6.07) is 3.78. The minimum atomic E-state index is 0.0299. The molecule has 0 saturated heterocycles. The van der Waals surface area contributed by atoms with Crippen molar-refractivity contribution in [1.29, 1.82) is 0 Å². The van der Waals surface area contributed by atoms with E-state index in [1.54, 1.807) is 12.3 Å². The molecule has 100 valence electrons.